The molecule has 9 heteroatoms. The van der Waals surface area contributed by atoms with E-state index in [1.54, 1.807) is 12.1 Å². The first-order valence-corrected chi connectivity index (χ1v) is 13.2. The molecule has 0 heterocycles. The van der Waals surface area contributed by atoms with Gasteiger partial charge < -0.3 is 5.32 Å². The predicted molar refractivity (Wildman–Crippen MR) is 141 cm³/mol. The molecule has 0 radical (unpaired) electrons. The average molecular weight is 549 g/mol. The van der Waals surface area contributed by atoms with Crippen LogP contribution < -0.4 is 5.32 Å². The zero-order valence-electron chi connectivity index (χ0n) is 18.4. The highest BCUT2D eigenvalue weighted by atomic mass is 35.5. The van der Waals surface area contributed by atoms with Crippen LogP contribution in [0.25, 0.3) is 0 Å². The Morgan fingerprint density at radius 3 is 1.89 bits per heavy atom. The van der Waals surface area contributed by atoms with Crippen LogP contribution in [-0.4, -0.2) is 12.5 Å². The lowest BCUT2D eigenvalue weighted by Gasteiger charge is -2.13. The number of carbonyl (C=O) groups is 1. The molecule has 1 amide bonds. The topological polar surface area (TPSA) is 52.9 Å². The van der Waals surface area contributed by atoms with Crippen LogP contribution in [0.4, 0.5) is 8.78 Å². The van der Waals surface area contributed by atoms with Crippen molar-refractivity contribution in [2.75, 3.05) is 6.54 Å². The summed E-state index contributed by atoms with van der Waals surface area (Å²) in [6.45, 7) is 0.328. The first-order chi connectivity index (χ1) is 16.9. The third-order valence-electron chi connectivity index (χ3n) is 4.90. The van der Waals surface area contributed by atoms with Crippen LogP contribution in [0.5, 0.6) is 0 Å². The summed E-state index contributed by atoms with van der Waals surface area (Å²) < 4.78 is 28.9. The van der Waals surface area contributed by atoms with E-state index in [1.165, 1.54) is 24.3 Å². The second-order valence-electron chi connectivity index (χ2n) is 7.24. The quantitative estimate of drug-likeness (QED) is 0.210. The number of benzene rings is 3. The molecule has 0 spiro atoms. The van der Waals surface area contributed by atoms with Crippen molar-refractivity contribution in [2.45, 2.75) is 17.9 Å². The Morgan fingerprint density at radius 1 is 0.857 bits per heavy atom. The predicted octanol–water partition coefficient (Wildman–Crippen LogP) is 7.53. The Morgan fingerprint density at radius 2 is 1.40 bits per heavy atom. The second kappa shape index (κ2) is 13.6. The zero-order chi connectivity index (χ0) is 25.2. The average Bonchev–Trinajstić information content (AvgIpc) is 2.84. The summed E-state index contributed by atoms with van der Waals surface area (Å²) >= 11 is 14.5. The zero-order valence-corrected chi connectivity index (χ0v) is 21.5. The molecule has 3 nitrogen and oxygen atoms in total. The van der Waals surface area contributed by atoms with Crippen molar-refractivity contribution in [1.29, 1.82) is 5.26 Å². The van der Waals surface area contributed by atoms with Crippen LogP contribution in [0.2, 0.25) is 10.0 Å². The Labute approximate surface area is 221 Å². The van der Waals surface area contributed by atoms with E-state index in [0.717, 1.165) is 29.1 Å². The highest BCUT2D eigenvalue weighted by Gasteiger charge is 2.19. The number of rotatable bonds is 10. The van der Waals surface area contributed by atoms with E-state index >= 15 is 0 Å². The van der Waals surface area contributed by atoms with Gasteiger partial charge in [-0.15, -0.1) is 23.5 Å². The Bertz CT molecular complexity index is 1170. The summed E-state index contributed by atoms with van der Waals surface area (Å²) in [7, 11) is 0. The van der Waals surface area contributed by atoms with Gasteiger partial charge in [0.15, 0.2) is 0 Å². The van der Waals surface area contributed by atoms with Gasteiger partial charge in [-0.3, -0.25) is 4.79 Å². The molecule has 3 aromatic carbocycles. The molecule has 0 unspecified atom stereocenters. The maximum atomic E-state index is 14.3. The second-order valence-corrected chi connectivity index (χ2v) is 10.3. The van der Waals surface area contributed by atoms with Crippen LogP contribution >= 0.6 is 46.7 Å². The Balaban J connectivity index is 1.81. The maximum absolute atomic E-state index is 14.3. The molecule has 1 N–H and O–H groups in total. The van der Waals surface area contributed by atoms with Crippen molar-refractivity contribution >= 4 is 52.6 Å². The summed E-state index contributed by atoms with van der Waals surface area (Å²) in [6, 6.07) is 20.3. The summed E-state index contributed by atoms with van der Waals surface area (Å²) in [6.07, 6.45) is 0.594. The molecule has 0 saturated carbocycles. The van der Waals surface area contributed by atoms with E-state index in [0.29, 0.717) is 17.2 Å². The van der Waals surface area contributed by atoms with Crippen molar-refractivity contribution in [3.05, 3.63) is 115 Å². The number of hydrogen-bond acceptors (Lipinski definition) is 4. The van der Waals surface area contributed by atoms with Gasteiger partial charge in [-0.05, 0) is 36.2 Å². The molecule has 0 aromatic heterocycles. The van der Waals surface area contributed by atoms with Gasteiger partial charge in [-0.2, -0.15) is 5.26 Å². The van der Waals surface area contributed by atoms with Crippen molar-refractivity contribution in [2.24, 2.45) is 0 Å². The third-order valence-corrected chi connectivity index (χ3v) is 8.12. The first kappa shape index (κ1) is 27.1. The molecule has 3 rings (SSSR count). The highest BCUT2D eigenvalue weighted by Crippen LogP contribution is 2.39. The van der Waals surface area contributed by atoms with Crippen molar-refractivity contribution in [3.8, 4) is 6.07 Å². The molecule has 3 aromatic rings. The lowest BCUT2D eigenvalue weighted by Crippen LogP contribution is -2.27. The number of carbonyl (C=O) groups excluding carboxylic acids is 1. The Hall–Kier alpha value is -2.50. The van der Waals surface area contributed by atoms with Crippen molar-refractivity contribution in [3.63, 3.8) is 0 Å². The molecule has 0 aliphatic rings. The summed E-state index contributed by atoms with van der Waals surface area (Å²) in [5.74, 6) is -1.37. The van der Waals surface area contributed by atoms with Crippen LogP contribution in [0, 0.1) is 23.0 Å². The van der Waals surface area contributed by atoms with E-state index in [1.807, 2.05) is 36.4 Å². The number of nitrogens with one attached hydrogen (secondary N) is 1. The van der Waals surface area contributed by atoms with Gasteiger partial charge in [-0.25, -0.2) is 8.78 Å². The van der Waals surface area contributed by atoms with Gasteiger partial charge in [-0.1, -0.05) is 65.7 Å². The van der Waals surface area contributed by atoms with Gasteiger partial charge >= 0.3 is 0 Å². The van der Waals surface area contributed by atoms with Crippen LogP contribution in [0.3, 0.4) is 0 Å². The normalized spacial score (nSPS) is 10.5. The number of halogens is 4. The van der Waals surface area contributed by atoms with Crippen LogP contribution in [0.1, 0.15) is 16.7 Å². The smallest absolute Gasteiger partial charge is 0.263 e. The van der Waals surface area contributed by atoms with E-state index in [9.17, 15) is 18.8 Å². The molecule has 0 aliphatic heterocycles. The highest BCUT2D eigenvalue weighted by molar-refractivity contribution is 8.21. The molecule has 35 heavy (non-hydrogen) atoms. The molecule has 0 bridgehead atoms. The fourth-order valence-corrected chi connectivity index (χ4v) is 6.05. The lowest BCUT2D eigenvalue weighted by atomic mass is 10.1. The minimum absolute atomic E-state index is 0.0846. The molecule has 0 saturated heterocycles. The number of nitriles is 1. The summed E-state index contributed by atoms with van der Waals surface area (Å²) in [4.78, 5) is 12.9. The monoisotopic (exact) mass is 548 g/mol. The third kappa shape index (κ3) is 7.74. The summed E-state index contributed by atoms with van der Waals surface area (Å²) in [5, 5.41) is 13.0. The Kier molecular flexibility index (Phi) is 10.5. The minimum Gasteiger partial charge on any atom is -0.351 e. The fourth-order valence-electron chi connectivity index (χ4n) is 3.04. The summed E-state index contributed by atoms with van der Waals surface area (Å²) in [5.41, 5.74) is 1.42. The fraction of sp³-hybridized carbons (Fsp3) is 0.154. The molecule has 0 aliphatic carbocycles. The first-order valence-electron chi connectivity index (χ1n) is 10.5. The standard InChI is InChI=1S/C26H20Cl2F2N2OS2/c27-21-8-4-10-23(29)19(21)15-34-26(35-16-20-22(28)9-5-11-24(20)30)18(14-31)25(33)32-13-12-17-6-2-1-3-7-17/h1-11H,12-13,15-16H2,(H,32,33). The van der Waals surface area contributed by atoms with Crippen molar-refractivity contribution < 1.29 is 13.6 Å². The van der Waals surface area contributed by atoms with Gasteiger partial charge in [0.05, 0.1) is 4.24 Å². The van der Waals surface area contributed by atoms with Crippen molar-refractivity contribution in [1.82, 2.24) is 5.32 Å². The SMILES string of the molecule is N#CC(C(=O)NCCc1ccccc1)=C(SCc1c(F)cccc1Cl)SCc1c(F)cccc1Cl. The minimum atomic E-state index is -0.558. The van der Waals surface area contributed by atoms with Gasteiger partial charge in [0.25, 0.3) is 5.91 Å². The largest absolute Gasteiger partial charge is 0.351 e. The number of amides is 1. The molecule has 180 valence electrons. The number of thioether (sulfide) groups is 2. The lowest BCUT2D eigenvalue weighted by molar-refractivity contribution is -0.117. The van der Waals surface area contributed by atoms with Crippen LogP contribution in [0.15, 0.2) is 76.5 Å². The van der Waals surface area contributed by atoms with Gasteiger partial charge in [0.1, 0.15) is 23.3 Å². The van der Waals surface area contributed by atoms with E-state index < -0.39 is 17.5 Å². The van der Waals surface area contributed by atoms with Gasteiger partial charge in [0, 0.05) is 39.2 Å². The van der Waals surface area contributed by atoms with Gasteiger partial charge in [0.2, 0.25) is 0 Å². The molecular formula is C26H20Cl2F2N2OS2. The molecule has 0 atom stereocenters. The van der Waals surface area contributed by atoms with E-state index in [-0.39, 0.29) is 38.3 Å². The van der Waals surface area contributed by atoms with Crippen LogP contribution in [-0.2, 0) is 22.7 Å². The maximum Gasteiger partial charge on any atom is 0.263 e. The molecular weight excluding hydrogens is 529 g/mol. The molecule has 0 fully saturated rings. The number of nitrogens with zero attached hydrogens (tertiary/aromatic N) is 1. The number of hydrogen-bond donors (Lipinski definition) is 1. The van der Waals surface area contributed by atoms with E-state index in [2.05, 4.69) is 5.32 Å². The van der Waals surface area contributed by atoms with E-state index in [4.69, 9.17) is 23.2 Å².